The Bertz CT molecular complexity index is 821. The van der Waals surface area contributed by atoms with Crippen molar-refractivity contribution in [1.29, 1.82) is 0 Å². The van der Waals surface area contributed by atoms with Crippen LogP contribution in [-0.4, -0.2) is 5.78 Å². The smallest absolute Gasteiger partial charge is 0.159 e. The normalized spacial score (nSPS) is 17.5. The summed E-state index contributed by atoms with van der Waals surface area (Å²) in [5.74, 6) is -3.19. The molecule has 0 amide bonds. The lowest BCUT2D eigenvalue weighted by Crippen LogP contribution is -2.31. The molecule has 0 aliphatic carbocycles. The molecule has 0 aromatic heterocycles. The lowest BCUT2D eigenvalue weighted by molar-refractivity contribution is -0.115. The van der Waals surface area contributed by atoms with Crippen molar-refractivity contribution < 1.29 is 18.0 Å². The molecule has 124 valence electrons. The minimum Gasteiger partial charge on any atom is -0.339 e. The summed E-state index contributed by atoms with van der Waals surface area (Å²) in [6.07, 6.45) is 2.83. The summed E-state index contributed by atoms with van der Waals surface area (Å²) in [5, 5.41) is 0. The van der Waals surface area contributed by atoms with Crippen LogP contribution in [0.3, 0.4) is 0 Å². The minimum atomic E-state index is -0.990. The van der Waals surface area contributed by atoms with Crippen molar-refractivity contribution in [2.24, 2.45) is 0 Å². The summed E-state index contributed by atoms with van der Waals surface area (Å²) in [7, 11) is 0. The molecule has 0 saturated heterocycles. The summed E-state index contributed by atoms with van der Waals surface area (Å²) in [4.78, 5) is 13.5. The van der Waals surface area contributed by atoms with E-state index < -0.39 is 23.5 Å². The highest BCUT2D eigenvalue weighted by Crippen LogP contribution is 2.38. The quantitative estimate of drug-likeness (QED) is 0.791. The molecule has 2 aromatic carbocycles. The molecule has 2 aromatic rings. The number of benzene rings is 2. The first-order valence-corrected chi connectivity index (χ1v) is 7.58. The summed E-state index contributed by atoms with van der Waals surface area (Å²) >= 11 is 0. The van der Waals surface area contributed by atoms with E-state index in [1.54, 1.807) is 4.90 Å². The fourth-order valence-corrected chi connectivity index (χ4v) is 3.00. The van der Waals surface area contributed by atoms with Gasteiger partial charge in [-0.2, -0.15) is 0 Å². The van der Waals surface area contributed by atoms with Gasteiger partial charge in [-0.05, 0) is 37.1 Å². The van der Waals surface area contributed by atoms with Crippen LogP contribution in [0.2, 0.25) is 0 Å². The Morgan fingerprint density at radius 3 is 2.42 bits per heavy atom. The average Bonchev–Trinajstić information content (AvgIpc) is 2.50. The van der Waals surface area contributed by atoms with Gasteiger partial charge in [0.15, 0.2) is 5.78 Å². The van der Waals surface area contributed by atoms with E-state index in [2.05, 4.69) is 0 Å². The number of carbonyl (C=O) groups excluding carboxylic acids is 1. The van der Waals surface area contributed by atoms with Gasteiger partial charge in [-0.1, -0.05) is 12.1 Å². The Kier molecular flexibility index (Phi) is 4.18. The van der Waals surface area contributed by atoms with Gasteiger partial charge in [0.2, 0.25) is 0 Å². The maximum absolute atomic E-state index is 14.2. The molecular weight excluding hydrogens is 315 g/mol. The van der Waals surface area contributed by atoms with Crippen molar-refractivity contribution in [3.63, 3.8) is 0 Å². The lowest BCUT2D eigenvalue weighted by atomic mass is 9.94. The molecule has 0 spiro atoms. The van der Waals surface area contributed by atoms with Crippen molar-refractivity contribution >= 4 is 11.5 Å². The van der Waals surface area contributed by atoms with E-state index in [0.29, 0.717) is 12.1 Å². The second kappa shape index (κ2) is 6.15. The van der Waals surface area contributed by atoms with Crippen LogP contribution >= 0.6 is 0 Å². The fourth-order valence-electron chi connectivity index (χ4n) is 3.00. The van der Waals surface area contributed by atoms with Gasteiger partial charge in [0, 0.05) is 36.0 Å². The molecule has 24 heavy (non-hydrogen) atoms. The van der Waals surface area contributed by atoms with Gasteiger partial charge in [0.25, 0.3) is 0 Å². The Labute approximate surface area is 138 Å². The monoisotopic (exact) mass is 331 g/mol. The molecule has 1 unspecified atom stereocenters. The number of anilines is 1. The molecule has 3 rings (SSSR count). The van der Waals surface area contributed by atoms with Crippen LogP contribution in [0.15, 0.2) is 42.6 Å². The number of allylic oxidation sites excluding steroid dienone is 1. The van der Waals surface area contributed by atoms with Crippen molar-refractivity contribution in [2.45, 2.75) is 26.3 Å². The molecule has 5 heteroatoms. The van der Waals surface area contributed by atoms with Gasteiger partial charge in [-0.25, -0.2) is 13.2 Å². The van der Waals surface area contributed by atoms with E-state index >= 15 is 0 Å². The Balaban J connectivity index is 2.16. The number of ketones is 1. The Morgan fingerprint density at radius 2 is 1.75 bits per heavy atom. The second-order valence-corrected chi connectivity index (χ2v) is 5.91. The van der Waals surface area contributed by atoms with E-state index in [1.807, 2.05) is 32.0 Å². The topological polar surface area (TPSA) is 20.3 Å². The highest BCUT2D eigenvalue weighted by atomic mass is 19.1. The zero-order valence-electron chi connectivity index (χ0n) is 13.3. The first-order chi connectivity index (χ1) is 11.4. The molecule has 0 bridgehead atoms. The third-order valence-corrected chi connectivity index (χ3v) is 4.38. The summed E-state index contributed by atoms with van der Waals surface area (Å²) in [6, 6.07) is 6.03. The molecule has 0 fully saturated rings. The third kappa shape index (κ3) is 2.82. The SMILES string of the molecule is Cc1cccc(N2C=CC(=O)CC2c2c(F)cc(F)cc2F)c1C. The highest BCUT2D eigenvalue weighted by Gasteiger charge is 2.31. The van der Waals surface area contributed by atoms with E-state index in [0.717, 1.165) is 16.8 Å². The minimum absolute atomic E-state index is 0.0800. The number of hydrogen-bond donors (Lipinski definition) is 0. The maximum atomic E-state index is 14.2. The van der Waals surface area contributed by atoms with E-state index in [-0.39, 0.29) is 17.8 Å². The number of rotatable bonds is 2. The predicted octanol–water partition coefficient (Wildman–Crippen LogP) is 4.75. The molecular formula is C19H16F3NO. The van der Waals surface area contributed by atoms with Crippen LogP contribution in [0.5, 0.6) is 0 Å². The van der Waals surface area contributed by atoms with Gasteiger partial charge in [-0.15, -0.1) is 0 Å². The first kappa shape index (κ1) is 16.3. The van der Waals surface area contributed by atoms with Crippen LogP contribution < -0.4 is 4.90 Å². The first-order valence-electron chi connectivity index (χ1n) is 7.58. The Morgan fingerprint density at radius 1 is 1.08 bits per heavy atom. The van der Waals surface area contributed by atoms with E-state index in [4.69, 9.17) is 0 Å². The van der Waals surface area contributed by atoms with Crippen LogP contribution in [0.4, 0.5) is 18.9 Å². The van der Waals surface area contributed by atoms with Crippen LogP contribution in [-0.2, 0) is 4.79 Å². The molecule has 0 N–H and O–H groups in total. The summed E-state index contributed by atoms with van der Waals surface area (Å²) in [6.45, 7) is 3.84. The lowest BCUT2D eigenvalue weighted by Gasteiger charge is -2.34. The third-order valence-electron chi connectivity index (χ3n) is 4.38. The van der Waals surface area contributed by atoms with Crippen molar-refractivity contribution in [1.82, 2.24) is 0 Å². The van der Waals surface area contributed by atoms with Crippen LogP contribution in [0, 0.1) is 31.3 Å². The number of hydrogen-bond acceptors (Lipinski definition) is 2. The fraction of sp³-hybridized carbons (Fsp3) is 0.211. The van der Waals surface area contributed by atoms with Gasteiger partial charge in [-0.3, -0.25) is 4.79 Å². The maximum Gasteiger partial charge on any atom is 0.159 e. The summed E-state index contributed by atoms with van der Waals surface area (Å²) < 4.78 is 41.7. The largest absolute Gasteiger partial charge is 0.339 e. The van der Waals surface area contributed by atoms with Crippen molar-refractivity contribution in [2.75, 3.05) is 4.90 Å². The van der Waals surface area contributed by atoms with Gasteiger partial charge in [0.05, 0.1) is 6.04 Å². The zero-order chi connectivity index (χ0) is 17.4. The zero-order valence-corrected chi connectivity index (χ0v) is 13.3. The number of nitrogens with zero attached hydrogens (tertiary/aromatic N) is 1. The molecule has 1 aliphatic heterocycles. The molecule has 1 atom stereocenters. The van der Waals surface area contributed by atoms with E-state index in [1.165, 1.54) is 12.3 Å². The number of carbonyl (C=O) groups is 1. The highest BCUT2D eigenvalue weighted by molar-refractivity contribution is 5.92. The molecule has 0 saturated carbocycles. The second-order valence-electron chi connectivity index (χ2n) is 5.91. The summed E-state index contributed by atoms with van der Waals surface area (Å²) in [5.41, 5.74) is 2.43. The molecule has 1 aliphatic rings. The van der Waals surface area contributed by atoms with Crippen molar-refractivity contribution in [3.05, 3.63) is 76.7 Å². The van der Waals surface area contributed by atoms with Crippen LogP contribution in [0.1, 0.15) is 29.2 Å². The van der Waals surface area contributed by atoms with Crippen molar-refractivity contribution in [3.8, 4) is 0 Å². The average molecular weight is 331 g/mol. The van der Waals surface area contributed by atoms with Gasteiger partial charge < -0.3 is 4.90 Å². The van der Waals surface area contributed by atoms with Crippen LogP contribution in [0.25, 0.3) is 0 Å². The standard InChI is InChI=1S/C19H16F3NO/c1-11-4-3-5-17(12(11)2)23-7-6-14(24)10-18(23)19-15(21)8-13(20)9-16(19)22/h3-9,18H,10H2,1-2H3. The van der Waals surface area contributed by atoms with E-state index in [9.17, 15) is 18.0 Å². The molecule has 0 radical (unpaired) electrons. The molecule has 2 nitrogen and oxygen atoms in total. The Hall–Kier alpha value is -2.56. The predicted molar refractivity (Wildman–Crippen MR) is 86.2 cm³/mol. The van der Waals surface area contributed by atoms with Gasteiger partial charge in [0.1, 0.15) is 17.5 Å². The molecule has 1 heterocycles. The number of halogens is 3. The van der Waals surface area contributed by atoms with Gasteiger partial charge >= 0.3 is 0 Å². The number of aryl methyl sites for hydroxylation is 1.